The van der Waals surface area contributed by atoms with E-state index in [4.69, 9.17) is 23.4 Å². The first-order valence-corrected chi connectivity index (χ1v) is 9.48. The highest BCUT2D eigenvalue weighted by molar-refractivity contribution is 5.89. The normalized spacial score (nSPS) is 18.7. The number of hydrogen-bond donors (Lipinski definition) is 1. The molecule has 3 aromatic rings. The van der Waals surface area contributed by atoms with Crippen molar-refractivity contribution in [1.29, 1.82) is 0 Å². The van der Waals surface area contributed by atoms with E-state index in [0.717, 1.165) is 11.1 Å². The lowest BCUT2D eigenvalue weighted by molar-refractivity contribution is -0.0377. The Kier molecular flexibility index (Phi) is 4.04. The molecule has 2 aliphatic heterocycles. The van der Waals surface area contributed by atoms with Crippen LogP contribution in [0, 0.1) is 0 Å². The van der Waals surface area contributed by atoms with Crippen LogP contribution in [0.5, 0.6) is 23.0 Å². The molecular formula is C23H20O7. The Morgan fingerprint density at radius 1 is 1.13 bits per heavy atom. The molecule has 3 heterocycles. The van der Waals surface area contributed by atoms with Crippen LogP contribution < -0.4 is 24.4 Å². The molecule has 0 saturated carbocycles. The third-order valence-electron chi connectivity index (χ3n) is 5.57. The third-order valence-corrected chi connectivity index (χ3v) is 5.57. The summed E-state index contributed by atoms with van der Waals surface area (Å²) in [5.41, 5.74) is 2.52. The summed E-state index contributed by atoms with van der Waals surface area (Å²) in [6, 6.07) is 6.69. The van der Waals surface area contributed by atoms with E-state index in [1.54, 1.807) is 24.3 Å². The first kappa shape index (κ1) is 18.6. The Balaban J connectivity index is 1.78. The standard InChI is InChI=1S/C23H20O7/c1-10(2)15-8-13-14(28-15)6-5-11-20(24)19-12-7-17(26-3)18(27-4)9-16(12)29-23(25)22(19)30-21(11)13/h5-7,9,15,23,25H,1,8H2,2-4H3. The molecule has 7 heteroatoms. The number of rotatable bonds is 3. The van der Waals surface area contributed by atoms with Gasteiger partial charge >= 0.3 is 0 Å². The maximum absolute atomic E-state index is 13.5. The molecule has 2 aliphatic rings. The van der Waals surface area contributed by atoms with Gasteiger partial charge in [-0.05, 0) is 30.7 Å². The molecule has 2 aromatic carbocycles. The van der Waals surface area contributed by atoms with E-state index in [-0.39, 0.29) is 22.9 Å². The zero-order chi connectivity index (χ0) is 21.2. The molecule has 0 spiro atoms. The number of aliphatic hydroxyl groups excluding tert-OH is 1. The van der Waals surface area contributed by atoms with Crippen molar-refractivity contribution in [3.05, 3.63) is 58.0 Å². The molecule has 0 amide bonds. The Morgan fingerprint density at radius 3 is 2.57 bits per heavy atom. The predicted molar refractivity (Wildman–Crippen MR) is 110 cm³/mol. The predicted octanol–water partition coefficient (Wildman–Crippen LogP) is 3.74. The minimum Gasteiger partial charge on any atom is -0.493 e. The average molecular weight is 408 g/mol. The van der Waals surface area contributed by atoms with E-state index in [0.29, 0.717) is 46.0 Å². The minimum atomic E-state index is -1.43. The highest BCUT2D eigenvalue weighted by atomic mass is 16.6. The molecule has 2 unspecified atom stereocenters. The van der Waals surface area contributed by atoms with E-state index in [2.05, 4.69) is 6.58 Å². The second kappa shape index (κ2) is 6.53. The van der Waals surface area contributed by atoms with Gasteiger partial charge in [-0.2, -0.15) is 0 Å². The summed E-state index contributed by atoms with van der Waals surface area (Å²) in [4.78, 5) is 13.5. The summed E-state index contributed by atoms with van der Waals surface area (Å²) in [5, 5.41) is 11.0. The molecule has 7 nitrogen and oxygen atoms in total. The lowest BCUT2D eigenvalue weighted by Gasteiger charge is -2.25. The van der Waals surface area contributed by atoms with Gasteiger partial charge in [0.05, 0.1) is 25.2 Å². The SMILES string of the molecule is C=C(C)C1Cc2c(ccc3c(=O)c4c(oc23)C(O)Oc2cc(OC)c(OC)cc2-4)O1. The lowest BCUT2D eigenvalue weighted by Crippen LogP contribution is -2.20. The first-order valence-electron chi connectivity index (χ1n) is 9.48. The van der Waals surface area contributed by atoms with Gasteiger partial charge in [0.1, 0.15) is 23.2 Å². The maximum atomic E-state index is 13.5. The Labute approximate surface area is 172 Å². The average Bonchev–Trinajstić information content (AvgIpc) is 3.18. The maximum Gasteiger partial charge on any atom is 0.257 e. The monoisotopic (exact) mass is 408 g/mol. The van der Waals surface area contributed by atoms with Gasteiger partial charge in [0.15, 0.2) is 17.3 Å². The third kappa shape index (κ3) is 2.52. The van der Waals surface area contributed by atoms with Crippen LogP contribution in [0.4, 0.5) is 0 Å². The van der Waals surface area contributed by atoms with Gasteiger partial charge in [-0.25, -0.2) is 0 Å². The fourth-order valence-corrected chi connectivity index (χ4v) is 4.03. The second-order valence-electron chi connectivity index (χ2n) is 7.42. The van der Waals surface area contributed by atoms with Crippen molar-refractivity contribution in [2.75, 3.05) is 14.2 Å². The molecule has 30 heavy (non-hydrogen) atoms. The van der Waals surface area contributed by atoms with Gasteiger partial charge in [0.2, 0.25) is 5.43 Å². The van der Waals surface area contributed by atoms with Crippen LogP contribution in [0.3, 0.4) is 0 Å². The van der Waals surface area contributed by atoms with Crippen molar-refractivity contribution in [2.45, 2.75) is 25.7 Å². The van der Waals surface area contributed by atoms with Crippen molar-refractivity contribution in [1.82, 2.24) is 0 Å². The molecule has 0 radical (unpaired) electrons. The number of benzene rings is 2. The molecule has 1 N–H and O–H groups in total. The summed E-state index contributed by atoms with van der Waals surface area (Å²) >= 11 is 0. The first-order chi connectivity index (χ1) is 14.4. The van der Waals surface area contributed by atoms with Crippen molar-refractivity contribution < 1.29 is 28.5 Å². The van der Waals surface area contributed by atoms with Crippen LogP contribution in [0.25, 0.3) is 22.1 Å². The summed E-state index contributed by atoms with van der Waals surface area (Å²) < 4.78 is 28.3. The number of hydrogen-bond acceptors (Lipinski definition) is 7. The van der Waals surface area contributed by atoms with Crippen LogP contribution in [0.1, 0.15) is 24.5 Å². The Hall–Kier alpha value is -3.45. The highest BCUT2D eigenvalue weighted by Gasteiger charge is 2.34. The molecule has 154 valence electrons. The number of fused-ring (bicyclic) bond motifs is 6. The van der Waals surface area contributed by atoms with Crippen LogP contribution >= 0.6 is 0 Å². The molecular weight excluding hydrogens is 388 g/mol. The van der Waals surface area contributed by atoms with Crippen molar-refractivity contribution in [3.63, 3.8) is 0 Å². The zero-order valence-corrected chi connectivity index (χ0v) is 16.8. The van der Waals surface area contributed by atoms with Gasteiger partial charge < -0.3 is 28.5 Å². The zero-order valence-electron chi connectivity index (χ0n) is 16.8. The van der Waals surface area contributed by atoms with Crippen molar-refractivity contribution in [2.24, 2.45) is 0 Å². The summed E-state index contributed by atoms with van der Waals surface area (Å²) in [5.74, 6) is 1.88. The van der Waals surface area contributed by atoms with Gasteiger partial charge in [0.25, 0.3) is 6.29 Å². The van der Waals surface area contributed by atoms with Crippen LogP contribution in [-0.4, -0.2) is 25.4 Å². The number of methoxy groups -OCH3 is 2. The van der Waals surface area contributed by atoms with Crippen LogP contribution in [-0.2, 0) is 6.42 Å². The summed E-state index contributed by atoms with van der Waals surface area (Å²) in [6.45, 7) is 5.85. The molecule has 5 rings (SSSR count). The van der Waals surface area contributed by atoms with Crippen molar-refractivity contribution in [3.8, 4) is 34.1 Å². The fraction of sp³-hybridized carbons (Fsp3) is 0.261. The quantitative estimate of drug-likeness (QED) is 0.661. The van der Waals surface area contributed by atoms with Crippen LogP contribution in [0.2, 0.25) is 0 Å². The van der Waals surface area contributed by atoms with E-state index in [1.807, 2.05) is 6.92 Å². The Morgan fingerprint density at radius 2 is 1.87 bits per heavy atom. The number of ether oxygens (including phenoxy) is 4. The number of aliphatic hydroxyl groups is 1. The summed E-state index contributed by atoms with van der Waals surface area (Å²) in [6.07, 6.45) is -1.06. The minimum absolute atomic E-state index is 0.0550. The van der Waals surface area contributed by atoms with Crippen LogP contribution in [0.15, 0.2) is 45.6 Å². The van der Waals surface area contributed by atoms with Gasteiger partial charge in [-0.3, -0.25) is 4.79 Å². The van der Waals surface area contributed by atoms with E-state index in [9.17, 15) is 9.90 Å². The molecule has 0 aliphatic carbocycles. The second-order valence-corrected chi connectivity index (χ2v) is 7.42. The molecule has 0 saturated heterocycles. The summed E-state index contributed by atoms with van der Waals surface area (Å²) in [7, 11) is 3.01. The van der Waals surface area contributed by atoms with E-state index < -0.39 is 6.29 Å². The highest BCUT2D eigenvalue weighted by Crippen LogP contribution is 2.47. The smallest absolute Gasteiger partial charge is 0.257 e. The molecule has 0 bridgehead atoms. The van der Waals surface area contributed by atoms with Gasteiger partial charge in [0, 0.05) is 23.6 Å². The fourth-order valence-electron chi connectivity index (χ4n) is 4.03. The largest absolute Gasteiger partial charge is 0.493 e. The molecule has 2 atom stereocenters. The van der Waals surface area contributed by atoms with Crippen molar-refractivity contribution >= 4 is 11.0 Å². The molecule has 0 fully saturated rings. The van der Waals surface area contributed by atoms with Gasteiger partial charge in [-0.1, -0.05) is 6.58 Å². The Bertz CT molecular complexity index is 1270. The van der Waals surface area contributed by atoms with Gasteiger partial charge in [-0.15, -0.1) is 0 Å². The topological polar surface area (TPSA) is 87.4 Å². The van der Waals surface area contributed by atoms with E-state index in [1.165, 1.54) is 14.2 Å². The molecule has 1 aromatic heterocycles. The van der Waals surface area contributed by atoms with E-state index >= 15 is 0 Å². The lowest BCUT2D eigenvalue weighted by atomic mass is 9.96.